The SMILES string of the molecule is Cc1cc(N2C(=O)C3(CCC3)N(c3cc4c(cc3F)CNC4=O)C2=S)ccc1C#N. The number of hydrogen-bond donors (Lipinski definition) is 1. The van der Waals surface area contributed by atoms with Crippen LogP contribution in [0.2, 0.25) is 0 Å². The number of anilines is 2. The van der Waals surface area contributed by atoms with E-state index < -0.39 is 11.4 Å². The van der Waals surface area contributed by atoms with Gasteiger partial charge >= 0.3 is 0 Å². The normalized spacial score (nSPS) is 19.0. The summed E-state index contributed by atoms with van der Waals surface area (Å²) in [6, 6.07) is 10.0. The molecule has 0 radical (unpaired) electrons. The molecule has 1 aliphatic carbocycles. The molecule has 0 aromatic heterocycles. The standard InChI is InChI=1S/C22H17FN4O2S/c1-12-7-15(4-3-13(12)10-24)26-20(29)22(5-2-6-22)27(21(26)30)18-9-16-14(8-17(18)23)11-25-19(16)28/h3-4,7-9H,2,5-6,11H2,1H3,(H,25,28). The van der Waals surface area contributed by atoms with Crippen LogP contribution in [0.5, 0.6) is 0 Å². The number of aryl methyl sites for hydroxylation is 1. The fourth-order valence-electron chi connectivity index (χ4n) is 4.50. The fourth-order valence-corrected chi connectivity index (χ4v) is 4.96. The molecule has 6 nitrogen and oxygen atoms in total. The Kier molecular flexibility index (Phi) is 3.95. The molecule has 30 heavy (non-hydrogen) atoms. The summed E-state index contributed by atoms with van der Waals surface area (Å²) in [6.07, 6.45) is 1.94. The second-order valence-electron chi connectivity index (χ2n) is 7.90. The van der Waals surface area contributed by atoms with Crippen molar-refractivity contribution in [3.05, 3.63) is 58.4 Å². The molecule has 2 heterocycles. The van der Waals surface area contributed by atoms with E-state index in [9.17, 15) is 14.9 Å². The maximum absolute atomic E-state index is 15.1. The lowest BCUT2D eigenvalue weighted by Crippen LogP contribution is -2.55. The van der Waals surface area contributed by atoms with E-state index in [-0.39, 0.29) is 29.2 Å². The number of nitriles is 1. The number of benzene rings is 2. The van der Waals surface area contributed by atoms with Gasteiger partial charge in [0.2, 0.25) is 0 Å². The molecule has 150 valence electrons. The zero-order valence-corrected chi connectivity index (χ0v) is 17.0. The smallest absolute Gasteiger partial charge is 0.259 e. The topological polar surface area (TPSA) is 76.4 Å². The predicted molar refractivity (Wildman–Crippen MR) is 113 cm³/mol. The lowest BCUT2D eigenvalue weighted by Gasteiger charge is -2.43. The van der Waals surface area contributed by atoms with Crippen molar-refractivity contribution in [2.24, 2.45) is 0 Å². The van der Waals surface area contributed by atoms with Crippen molar-refractivity contribution in [2.75, 3.05) is 9.80 Å². The third-order valence-electron chi connectivity index (χ3n) is 6.28. The van der Waals surface area contributed by atoms with Crippen LogP contribution < -0.4 is 15.1 Å². The Morgan fingerprint density at radius 1 is 1.23 bits per heavy atom. The molecule has 1 saturated carbocycles. The molecule has 8 heteroatoms. The summed E-state index contributed by atoms with van der Waals surface area (Å²) in [5, 5.41) is 12.1. The van der Waals surface area contributed by atoms with Gasteiger partial charge in [-0.2, -0.15) is 5.26 Å². The molecule has 1 spiro atoms. The van der Waals surface area contributed by atoms with E-state index in [1.165, 1.54) is 17.0 Å². The predicted octanol–water partition coefficient (Wildman–Crippen LogP) is 3.31. The zero-order chi connectivity index (χ0) is 21.2. The molecule has 0 atom stereocenters. The van der Waals surface area contributed by atoms with Gasteiger partial charge in [0.15, 0.2) is 5.11 Å². The van der Waals surface area contributed by atoms with E-state index in [0.29, 0.717) is 35.2 Å². The first-order valence-electron chi connectivity index (χ1n) is 9.67. The number of halogens is 1. The van der Waals surface area contributed by atoms with E-state index in [1.54, 1.807) is 30.0 Å². The molecular weight excluding hydrogens is 403 g/mol. The van der Waals surface area contributed by atoms with Gasteiger partial charge in [-0.3, -0.25) is 14.5 Å². The summed E-state index contributed by atoms with van der Waals surface area (Å²) < 4.78 is 15.1. The zero-order valence-electron chi connectivity index (χ0n) is 16.2. The molecule has 1 N–H and O–H groups in total. The largest absolute Gasteiger partial charge is 0.348 e. The van der Waals surface area contributed by atoms with Gasteiger partial charge in [-0.15, -0.1) is 0 Å². The van der Waals surface area contributed by atoms with Crippen LogP contribution >= 0.6 is 12.2 Å². The Balaban J connectivity index is 1.64. The molecule has 5 rings (SSSR count). The minimum atomic E-state index is -0.941. The third kappa shape index (κ3) is 2.36. The average molecular weight is 420 g/mol. The van der Waals surface area contributed by atoms with Gasteiger partial charge in [0, 0.05) is 12.1 Å². The van der Waals surface area contributed by atoms with Gasteiger partial charge in [-0.05, 0) is 79.9 Å². The van der Waals surface area contributed by atoms with Gasteiger partial charge in [-0.1, -0.05) is 0 Å². The van der Waals surface area contributed by atoms with E-state index >= 15 is 4.39 Å². The Labute approximate surface area is 177 Å². The van der Waals surface area contributed by atoms with Gasteiger partial charge < -0.3 is 10.2 Å². The van der Waals surface area contributed by atoms with Crippen LogP contribution in [-0.2, 0) is 11.3 Å². The molecule has 3 aliphatic rings. The second kappa shape index (κ2) is 6.34. The van der Waals surface area contributed by atoms with Crippen LogP contribution in [0.15, 0.2) is 30.3 Å². The number of hydrogen-bond acceptors (Lipinski definition) is 4. The van der Waals surface area contributed by atoms with Crippen molar-refractivity contribution in [1.82, 2.24) is 5.32 Å². The Morgan fingerprint density at radius 2 is 2.00 bits per heavy atom. The highest BCUT2D eigenvalue weighted by Gasteiger charge is 2.60. The number of rotatable bonds is 2. The molecule has 2 aromatic rings. The van der Waals surface area contributed by atoms with E-state index in [0.717, 1.165) is 12.0 Å². The second-order valence-corrected chi connectivity index (χ2v) is 8.26. The van der Waals surface area contributed by atoms with Gasteiger partial charge in [-0.25, -0.2) is 4.39 Å². The summed E-state index contributed by atoms with van der Waals surface area (Å²) in [6.45, 7) is 2.08. The number of amides is 2. The maximum Gasteiger partial charge on any atom is 0.259 e. The highest BCUT2D eigenvalue weighted by molar-refractivity contribution is 7.81. The van der Waals surface area contributed by atoms with Gasteiger partial charge in [0.25, 0.3) is 11.8 Å². The fraction of sp³-hybridized carbons (Fsp3) is 0.273. The summed E-state index contributed by atoms with van der Waals surface area (Å²) in [5.41, 5.74) is 2.01. The van der Waals surface area contributed by atoms with Crippen LogP contribution in [0, 0.1) is 24.1 Å². The monoisotopic (exact) mass is 420 g/mol. The summed E-state index contributed by atoms with van der Waals surface area (Å²) in [5.74, 6) is -0.971. The minimum absolute atomic E-state index is 0.150. The Hall–Kier alpha value is -3.31. The molecule has 1 saturated heterocycles. The van der Waals surface area contributed by atoms with Crippen molar-refractivity contribution in [3.8, 4) is 6.07 Å². The molecule has 2 amide bonds. The Morgan fingerprint density at radius 3 is 2.63 bits per heavy atom. The van der Waals surface area contributed by atoms with Crippen molar-refractivity contribution >= 4 is 40.5 Å². The molecule has 2 aromatic carbocycles. The third-order valence-corrected chi connectivity index (χ3v) is 6.64. The molecule has 0 unspecified atom stereocenters. The van der Waals surface area contributed by atoms with Crippen molar-refractivity contribution in [1.29, 1.82) is 5.26 Å². The first kappa shape index (κ1) is 18.7. The first-order chi connectivity index (χ1) is 14.4. The molecule has 2 aliphatic heterocycles. The van der Waals surface area contributed by atoms with Crippen molar-refractivity contribution < 1.29 is 14.0 Å². The summed E-state index contributed by atoms with van der Waals surface area (Å²) in [7, 11) is 0. The summed E-state index contributed by atoms with van der Waals surface area (Å²) in [4.78, 5) is 28.7. The number of nitrogens with zero attached hydrogens (tertiary/aromatic N) is 3. The minimum Gasteiger partial charge on any atom is -0.348 e. The van der Waals surface area contributed by atoms with Crippen LogP contribution in [0.3, 0.4) is 0 Å². The highest BCUT2D eigenvalue weighted by atomic mass is 32.1. The summed E-state index contributed by atoms with van der Waals surface area (Å²) >= 11 is 5.67. The number of nitrogens with one attached hydrogen (secondary N) is 1. The number of fused-ring (bicyclic) bond motifs is 1. The van der Waals surface area contributed by atoms with Crippen molar-refractivity contribution in [2.45, 2.75) is 38.3 Å². The van der Waals surface area contributed by atoms with E-state index in [4.69, 9.17) is 12.2 Å². The number of carbonyl (C=O) groups excluding carboxylic acids is 2. The van der Waals surface area contributed by atoms with Gasteiger partial charge in [0.1, 0.15) is 11.4 Å². The Bertz CT molecular complexity index is 1200. The molecule has 2 fully saturated rings. The lowest BCUT2D eigenvalue weighted by molar-refractivity contribution is -0.123. The first-order valence-corrected chi connectivity index (χ1v) is 10.1. The molecular formula is C22H17FN4O2S. The average Bonchev–Trinajstić information content (AvgIpc) is 3.15. The van der Waals surface area contributed by atoms with Crippen LogP contribution in [0.1, 0.15) is 46.3 Å². The lowest BCUT2D eigenvalue weighted by atomic mass is 9.75. The number of thiocarbonyl (C=S) groups is 1. The van der Waals surface area contributed by atoms with Crippen molar-refractivity contribution in [3.63, 3.8) is 0 Å². The van der Waals surface area contributed by atoms with Crippen LogP contribution in [0.4, 0.5) is 15.8 Å². The van der Waals surface area contributed by atoms with Crippen LogP contribution in [0.25, 0.3) is 0 Å². The quantitative estimate of drug-likeness (QED) is 0.755. The van der Waals surface area contributed by atoms with E-state index in [1.807, 2.05) is 0 Å². The van der Waals surface area contributed by atoms with Crippen LogP contribution in [-0.4, -0.2) is 22.5 Å². The highest BCUT2D eigenvalue weighted by Crippen LogP contribution is 2.48. The maximum atomic E-state index is 15.1. The van der Waals surface area contributed by atoms with Gasteiger partial charge in [0.05, 0.1) is 23.0 Å². The number of carbonyl (C=O) groups is 2. The van der Waals surface area contributed by atoms with E-state index in [2.05, 4.69) is 11.4 Å². The molecule has 0 bridgehead atoms.